The number of amides is 2. The molecule has 2 amide bonds. The molecule has 0 aliphatic carbocycles. The van der Waals surface area contributed by atoms with Crippen molar-refractivity contribution in [3.05, 3.63) is 29.8 Å². The van der Waals surface area contributed by atoms with E-state index in [1.807, 2.05) is 19.0 Å². The summed E-state index contributed by atoms with van der Waals surface area (Å²) in [6, 6.07) is 8.37. The number of benzene rings is 1. The third-order valence-corrected chi connectivity index (χ3v) is 4.99. The Balaban J connectivity index is 1.97. The molecule has 1 atom stereocenters. The van der Waals surface area contributed by atoms with Crippen LogP contribution in [0, 0.1) is 0 Å². The number of carbonyl (C=O) groups is 2. The molecule has 0 saturated carbocycles. The largest absolute Gasteiger partial charge is 0.378 e. The van der Waals surface area contributed by atoms with Crippen LogP contribution in [0.4, 0.5) is 5.69 Å². The number of carbonyl (C=O) groups excluding carboxylic acids is 2. The van der Waals surface area contributed by atoms with Gasteiger partial charge in [0, 0.05) is 40.5 Å². The molecular formula is C20H32N4O4. The Morgan fingerprint density at radius 1 is 1.00 bits per heavy atom. The van der Waals surface area contributed by atoms with Gasteiger partial charge in [0.1, 0.15) is 0 Å². The van der Waals surface area contributed by atoms with Crippen molar-refractivity contribution in [1.82, 2.24) is 15.5 Å². The molecule has 1 unspecified atom stereocenters. The molecule has 0 bridgehead atoms. The zero-order chi connectivity index (χ0) is 20.5. The summed E-state index contributed by atoms with van der Waals surface area (Å²) in [5.41, 5.74) is 2.25. The summed E-state index contributed by atoms with van der Waals surface area (Å²) in [7, 11) is 6.96. The monoisotopic (exact) mass is 392 g/mol. The highest BCUT2D eigenvalue weighted by Crippen LogP contribution is 2.26. The second-order valence-electron chi connectivity index (χ2n) is 7.07. The van der Waals surface area contributed by atoms with Crippen LogP contribution in [0.15, 0.2) is 24.3 Å². The molecule has 1 aromatic rings. The zero-order valence-electron chi connectivity index (χ0n) is 17.2. The maximum Gasteiger partial charge on any atom is 0.309 e. The van der Waals surface area contributed by atoms with Crippen molar-refractivity contribution in [3.8, 4) is 0 Å². The van der Waals surface area contributed by atoms with Crippen molar-refractivity contribution in [1.29, 1.82) is 0 Å². The van der Waals surface area contributed by atoms with Crippen LogP contribution < -0.4 is 15.5 Å². The molecule has 2 N–H and O–H groups in total. The Kier molecular flexibility index (Phi) is 8.69. The number of nitrogens with zero attached hydrogens (tertiary/aromatic N) is 2. The topological polar surface area (TPSA) is 83.1 Å². The number of hydrogen-bond acceptors (Lipinski definition) is 6. The SMILES string of the molecule is COC(CNC(=O)C(=O)NCC(c1ccc(N(C)C)cc1)N1CCCC1)OC. The number of hydrogen-bond donors (Lipinski definition) is 2. The van der Waals surface area contributed by atoms with Gasteiger partial charge in [-0.15, -0.1) is 0 Å². The van der Waals surface area contributed by atoms with E-state index in [4.69, 9.17) is 9.47 Å². The number of nitrogens with one attached hydrogen (secondary N) is 2. The van der Waals surface area contributed by atoms with Gasteiger partial charge in [-0.25, -0.2) is 0 Å². The first-order valence-corrected chi connectivity index (χ1v) is 9.59. The van der Waals surface area contributed by atoms with Crippen LogP contribution in [-0.4, -0.2) is 77.5 Å². The number of rotatable bonds is 9. The van der Waals surface area contributed by atoms with Gasteiger partial charge in [0.15, 0.2) is 6.29 Å². The summed E-state index contributed by atoms with van der Waals surface area (Å²) in [5.74, 6) is -1.35. The average molecular weight is 393 g/mol. The summed E-state index contributed by atoms with van der Waals surface area (Å²) in [5, 5.41) is 5.29. The van der Waals surface area contributed by atoms with Crippen LogP contribution in [-0.2, 0) is 19.1 Å². The zero-order valence-corrected chi connectivity index (χ0v) is 17.2. The van der Waals surface area contributed by atoms with Gasteiger partial charge in [-0.3, -0.25) is 14.5 Å². The van der Waals surface area contributed by atoms with E-state index in [1.54, 1.807) is 0 Å². The summed E-state index contributed by atoms with van der Waals surface area (Å²) in [6.45, 7) is 2.48. The van der Waals surface area contributed by atoms with Crippen LogP contribution in [0.3, 0.4) is 0 Å². The predicted octanol–water partition coefficient (Wildman–Crippen LogP) is 0.741. The second kappa shape index (κ2) is 11.0. The van der Waals surface area contributed by atoms with E-state index in [9.17, 15) is 9.59 Å². The third-order valence-electron chi connectivity index (χ3n) is 4.99. The summed E-state index contributed by atoms with van der Waals surface area (Å²) < 4.78 is 10.0. The maximum atomic E-state index is 12.2. The normalized spacial score (nSPS) is 15.5. The molecule has 8 heteroatoms. The van der Waals surface area contributed by atoms with Gasteiger partial charge in [0.25, 0.3) is 0 Å². The van der Waals surface area contributed by atoms with Crippen molar-refractivity contribution in [2.75, 3.05) is 59.4 Å². The lowest BCUT2D eigenvalue weighted by Crippen LogP contribution is -2.45. The molecule has 1 aliphatic rings. The van der Waals surface area contributed by atoms with Crippen LogP contribution in [0.1, 0.15) is 24.4 Å². The molecular weight excluding hydrogens is 360 g/mol. The van der Waals surface area contributed by atoms with E-state index in [-0.39, 0.29) is 12.6 Å². The molecule has 1 heterocycles. The number of ether oxygens (including phenoxy) is 2. The highest BCUT2D eigenvalue weighted by molar-refractivity contribution is 6.35. The van der Waals surface area contributed by atoms with E-state index in [1.165, 1.54) is 14.2 Å². The lowest BCUT2D eigenvalue weighted by atomic mass is 10.0. The van der Waals surface area contributed by atoms with Gasteiger partial charge in [-0.1, -0.05) is 12.1 Å². The van der Waals surface area contributed by atoms with E-state index < -0.39 is 18.1 Å². The maximum absolute atomic E-state index is 12.2. The lowest BCUT2D eigenvalue weighted by Gasteiger charge is -2.28. The smallest absolute Gasteiger partial charge is 0.309 e. The number of methoxy groups -OCH3 is 2. The van der Waals surface area contributed by atoms with Crippen LogP contribution >= 0.6 is 0 Å². The van der Waals surface area contributed by atoms with E-state index in [0.29, 0.717) is 6.54 Å². The van der Waals surface area contributed by atoms with Gasteiger partial charge >= 0.3 is 11.8 Å². The van der Waals surface area contributed by atoms with Gasteiger partial charge in [-0.2, -0.15) is 0 Å². The Labute approximate surface area is 167 Å². The highest BCUT2D eigenvalue weighted by atomic mass is 16.7. The molecule has 1 aromatic carbocycles. The minimum Gasteiger partial charge on any atom is -0.378 e. The number of anilines is 1. The molecule has 0 aromatic heterocycles. The summed E-state index contributed by atoms with van der Waals surface area (Å²) >= 11 is 0. The molecule has 28 heavy (non-hydrogen) atoms. The Hall–Kier alpha value is -2.16. The minimum absolute atomic E-state index is 0.0427. The summed E-state index contributed by atoms with van der Waals surface area (Å²) in [6.07, 6.45) is 1.72. The fourth-order valence-corrected chi connectivity index (χ4v) is 3.29. The first-order valence-electron chi connectivity index (χ1n) is 9.59. The highest BCUT2D eigenvalue weighted by Gasteiger charge is 2.25. The van der Waals surface area contributed by atoms with Gasteiger partial charge in [0.2, 0.25) is 0 Å². The van der Waals surface area contributed by atoms with E-state index >= 15 is 0 Å². The van der Waals surface area contributed by atoms with Gasteiger partial charge in [0.05, 0.1) is 12.6 Å². The predicted molar refractivity (Wildman–Crippen MR) is 108 cm³/mol. The first kappa shape index (κ1) is 22.1. The second-order valence-corrected chi connectivity index (χ2v) is 7.07. The fraction of sp³-hybridized carbons (Fsp3) is 0.600. The Bertz CT molecular complexity index is 626. The Morgan fingerprint density at radius 2 is 1.54 bits per heavy atom. The first-order chi connectivity index (χ1) is 13.5. The molecule has 0 radical (unpaired) electrons. The molecule has 8 nitrogen and oxygen atoms in total. The average Bonchev–Trinajstić information content (AvgIpc) is 3.23. The molecule has 0 spiro atoms. The molecule has 2 rings (SSSR count). The Morgan fingerprint density at radius 3 is 2.04 bits per heavy atom. The third kappa shape index (κ3) is 6.19. The quantitative estimate of drug-likeness (QED) is 0.477. The molecule has 156 valence electrons. The number of likely N-dealkylation sites (tertiary alicyclic amines) is 1. The summed E-state index contributed by atoms with van der Waals surface area (Å²) in [4.78, 5) is 28.6. The van der Waals surface area contributed by atoms with Crippen LogP contribution in [0.25, 0.3) is 0 Å². The lowest BCUT2D eigenvalue weighted by molar-refractivity contribution is -0.141. The van der Waals surface area contributed by atoms with Crippen molar-refractivity contribution in [3.63, 3.8) is 0 Å². The van der Waals surface area contributed by atoms with Gasteiger partial charge in [-0.05, 0) is 43.6 Å². The van der Waals surface area contributed by atoms with Crippen molar-refractivity contribution in [2.24, 2.45) is 0 Å². The fourth-order valence-electron chi connectivity index (χ4n) is 3.29. The van der Waals surface area contributed by atoms with Crippen molar-refractivity contribution < 1.29 is 19.1 Å². The van der Waals surface area contributed by atoms with Crippen LogP contribution in [0.5, 0.6) is 0 Å². The molecule has 1 fully saturated rings. The standard InChI is InChI=1S/C20H32N4O4/c1-23(2)16-9-7-15(8-10-16)17(24-11-5-6-12-24)13-21-19(25)20(26)22-14-18(27-3)28-4/h7-10,17-18H,5-6,11-14H2,1-4H3,(H,21,25)(H,22,26). The van der Waals surface area contributed by atoms with Gasteiger partial charge < -0.3 is 25.0 Å². The minimum atomic E-state index is -0.692. The van der Waals surface area contributed by atoms with Crippen molar-refractivity contribution in [2.45, 2.75) is 25.2 Å². The van der Waals surface area contributed by atoms with Crippen molar-refractivity contribution >= 4 is 17.5 Å². The van der Waals surface area contributed by atoms with E-state index in [0.717, 1.165) is 37.2 Å². The van der Waals surface area contributed by atoms with E-state index in [2.05, 4.69) is 39.8 Å². The molecule has 1 saturated heterocycles. The van der Waals surface area contributed by atoms with Crippen LogP contribution in [0.2, 0.25) is 0 Å². The molecule has 1 aliphatic heterocycles.